The number of hydrogen-bond donors (Lipinski definition) is 3. The van der Waals surface area contributed by atoms with Gasteiger partial charge in [-0.25, -0.2) is 9.18 Å². The summed E-state index contributed by atoms with van der Waals surface area (Å²) < 4.78 is 13.2. The van der Waals surface area contributed by atoms with Gasteiger partial charge in [0.1, 0.15) is 5.82 Å². The Morgan fingerprint density at radius 1 is 0.897 bits per heavy atom. The van der Waals surface area contributed by atoms with E-state index >= 15 is 0 Å². The van der Waals surface area contributed by atoms with Crippen LogP contribution in [0.25, 0.3) is 0 Å². The third kappa shape index (κ3) is 5.65. The van der Waals surface area contributed by atoms with E-state index in [9.17, 15) is 14.0 Å². The summed E-state index contributed by atoms with van der Waals surface area (Å²) in [4.78, 5) is 24.5. The zero-order valence-corrected chi connectivity index (χ0v) is 15.3. The lowest BCUT2D eigenvalue weighted by Crippen LogP contribution is -2.28. The molecule has 144 valence electrons. The van der Waals surface area contributed by atoms with E-state index in [1.54, 1.807) is 54.6 Å². The first kappa shape index (κ1) is 19.6. The molecule has 6 nitrogen and oxygen atoms in total. The Kier molecular flexibility index (Phi) is 6.18. The number of nitrogens with one attached hydrogen (secondary N) is 3. The minimum Gasteiger partial charge on any atom is -0.334 e. The van der Waals surface area contributed by atoms with Gasteiger partial charge in [-0.05, 0) is 54.1 Å². The SMILES string of the molecule is N#Cc1cccc(NC(=O)c2cccc(NC(=O)NCc3cccc(F)c3)c2)c1. The minimum atomic E-state index is -0.478. The molecule has 0 atom stereocenters. The molecule has 0 saturated carbocycles. The van der Waals surface area contributed by atoms with Crippen molar-refractivity contribution in [2.24, 2.45) is 0 Å². The van der Waals surface area contributed by atoms with Gasteiger partial charge in [0.15, 0.2) is 0 Å². The van der Waals surface area contributed by atoms with Gasteiger partial charge in [0.05, 0.1) is 11.6 Å². The third-order valence-corrected chi connectivity index (χ3v) is 3.97. The molecule has 3 aromatic carbocycles. The maximum absolute atomic E-state index is 13.2. The van der Waals surface area contributed by atoms with E-state index in [-0.39, 0.29) is 18.3 Å². The fourth-order valence-electron chi connectivity index (χ4n) is 2.61. The van der Waals surface area contributed by atoms with Crippen LogP contribution >= 0.6 is 0 Å². The van der Waals surface area contributed by atoms with Crippen molar-refractivity contribution in [2.45, 2.75) is 6.54 Å². The average molecular weight is 388 g/mol. The van der Waals surface area contributed by atoms with Crippen molar-refractivity contribution >= 4 is 23.3 Å². The standard InChI is InChI=1S/C22H17FN4O2/c23-18-7-1-5-16(10-18)14-25-22(29)27-20-9-3-6-17(12-20)21(28)26-19-8-2-4-15(11-19)13-24/h1-12H,14H2,(H,26,28)(H2,25,27,29). The van der Waals surface area contributed by atoms with Crippen LogP contribution in [0, 0.1) is 17.1 Å². The molecular weight excluding hydrogens is 371 g/mol. The molecule has 0 aliphatic heterocycles. The third-order valence-electron chi connectivity index (χ3n) is 3.97. The number of halogens is 1. The molecule has 0 spiro atoms. The van der Waals surface area contributed by atoms with Crippen LogP contribution in [0.5, 0.6) is 0 Å². The van der Waals surface area contributed by atoms with Crippen molar-refractivity contribution < 1.29 is 14.0 Å². The fraction of sp³-hybridized carbons (Fsp3) is 0.0455. The molecule has 0 bridgehead atoms. The second-order valence-corrected chi connectivity index (χ2v) is 6.17. The second-order valence-electron chi connectivity index (χ2n) is 6.17. The number of carbonyl (C=O) groups is 2. The molecule has 29 heavy (non-hydrogen) atoms. The highest BCUT2D eigenvalue weighted by atomic mass is 19.1. The molecule has 3 rings (SSSR count). The molecule has 0 aromatic heterocycles. The number of hydrogen-bond acceptors (Lipinski definition) is 3. The summed E-state index contributed by atoms with van der Waals surface area (Å²) in [5, 5.41) is 16.9. The maximum atomic E-state index is 13.2. The van der Waals surface area contributed by atoms with E-state index in [1.165, 1.54) is 18.2 Å². The number of amides is 3. The Morgan fingerprint density at radius 3 is 2.38 bits per heavy atom. The molecule has 3 amide bonds. The highest BCUT2D eigenvalue weighted by molar-refractivity contribution is 6.05. The number of benzene rings is 3. The second kappa shape index (κ2) is 9.15. The van der Waals surface area contributed by atoms with Crippen molar-refractivity contribution in [1.29, 1.82) is 5.26 Å². The average Bonchev–Trinajstić information content (AvgIpc) is 2.72. The molecule has 7 heteroatoms. The van der Waals surface area contributed by atoms with Gasteiger partial charge >= 0.3 is 6.03 Å². The molecule has 0 saturated heterocycles. The quantitative estimate of drug-likeness (QED) is 0.609. The molecular formula is C22H17FN4O2. The van der Waals surface area contributed by atoms with E-state index in [1.807, 2.05) is 6.07 Å². The predicted octanol–water partition coefficient (Wildman–Crippen LogP) is 4.27. The molecule has 0 aliphatic rings. The molecule has 0 aliphatic carbocycles. The van der Waals surface area contributed by atoms with Crippen LogP contribution in [0.2, 0.25) is 0 Å². The highest BCUT2D eigenvalue weighted by Crippen LogP contribution is 2.15. The number of nitrogens with zero attached hydrogens (tertiary/aromatic N) is 1. The normalized spacial score (nSPS) is 9.93. The topological polar surface area (TPSA) is 94.0 Å². The van der Waals surface area contributed by atoms with Crippen LogP contribution in [-0.2, 0) is 6.54 Å². The zero-order valence-electron chi connectivity index (χ0n) is 15.3. The number of nitriles is 1. The predicted molar refractivity (Wildman–Crippen MR) is 108 cm³/mol. The van der Waals surface area contributed by atoms with E-state index in [4.69, 9.17) is 5.26 Å². The van der Waals surface area contributed by atoms with E-state index in [2.05, 4.69) is 16.0 Å². The van der Waals surface area contributed by atoms with Crippen LogP contribution in [0.3, 0.4) is 0 Å². The molecule has 3 aromatic rings. The first-order chi connectivity index (χ1) is 14.0. The number of urea groups is 1. The van der Waals surface area contributed by atoms with Gasteiger partial charge in [0.2, 0.25) is 0 Å². The summed E-state index contributed by atoms with van der Waals surface area (Å²) in [5.74, 6) is -0.743. The van der Waals surface area contributed by atoms with Crippen molar-refractivity contribution in [3.8, 4) is 6.07 Å². The lowest BCUT2D eigenvalue weighted by Gasteiger charge is -2.10. The summed E-state index contributed by atoms with van der Waals surface area (Å²) in [6.07, 6.45) is 0. The number of rotatable bonds is 5. The number of carbonyl (C=O) groups excluding carboxylic acids is 2. The zero-order chi connectivity index (χ0) is 20.6. The fourth-order valence-corrected chi connectivity index (χ4v) is 2.61. The molecule has 0 unspecified atom stereocenters. The molecule has 0 fully saturated rings. The van der Waals surface area contributed by atoms with Gasteiger partial charge in [0.25, 0.3) is 5.91 Å². The lowest BCUT2D eigenvalue weighted by atomic mass is 10.1. The van der Waals surface area contributed by atoms with Crippen LogP contribution in [0.1, 0.15) is 21.5 Å². The smallest absolute Gasteiger partial charge is 0.319 e. The largest absolute Gasteiger partial charge is 0.334 e. The van der Waals surface area contributed by atoms with Gasteiger partial charge in [-0.2, -0.15) is 5.26 Å². The van der Waals surface area contributed by atoms with E-state index in [0.29, 0.717) is 28.1 Å². The summed E-state index contributed by atoms with van der Waals surface area (Å²) in [5.41, 5.74) is 2.34. The van der Waals surface area contributed by atoms with Crippen molar-refractivity contribution in [3.05, 3.63) is 95.3 Å². The first-order valence-electron chi connectivity index (χ1n) is 8.74. The van der Waals surface area contributed by atoms with E-state index in [0.717, 1.165) is 0 Å². The van der Waals surface area contributed by atoms with Crippen LogP contribution in [0.15, 0.2) is 72.8 Å². The molecule has 0 heterocycles. The Labute approximate surface area is 167 Å². The number of anilines is 2. The summed E-state index contributed by atoms with van der Waals surface area (Å²) >= 11 is 0. The van der Waals surface area contributed by atoms with E-state index < -0.39 is 6.03 Å². The van der Waals surface area contributed by atoms with Gasteiger partial charge in [0, 0.05) is 23.5 Å². The van der Waals surface area contributed by atoms with Crippen LogP contribution in [-0.4, -0.2) is 11.9 Å². The summed E-state index contributed by atoms with van der Waals surface area (Å²) in [7, 11) is 0. The van der Waals surface area contributed by atoms with Crippen LogP contribution < -0.4 is 16.0 Å². The van der Waals surface area contributed by atoms with Gasteiger partial charge < -0.3 is 16.0 Å². The Morgan fingerprint density at radius 2 is 1.62 bits per heavy atom. The maximum Gasteiger partial charge on any atom is 0.319 e. The molecule has 0 radical (unpaired) electrons. The van der Waals surface area contributed by atoms with Gasteiger partial charge in [-0.3, -0.25) is 4.79 Å². The Hall–Kier alpha value is -4.18. The first-order valence-corrected chi connectivity index (χ1v) is 8.74. The Bertz CT molecular complexity index is 1090. The van der Waals surface area contributed by atoms with Gasteiger partial charge in [-0.1, -0.05) is 24.3 Å². The summed E-state index contributed by atoms with van der Waals surface area (Å²) in [6, 6.07) is 20.5. The minimum absolute atomic E-state index is 0.166. The highest BCUT2D eigenvalue weighted by Gasteiger charge is 2.09. The van der Waals surface area contributed by atoms with Crippen molar-refractivity contribution in [3.63, 3.8) is 0 Å². The van der Waals surface area contributed by atoms with Crippen molar-refractivity contribution in [1.82, 2.24) is 5.32 Å². The Balaban J connectivity index is 1.60. The van der Waals surface area contributed by atoms with Crippen molar-refractivity contribution in [2.75, 3.05) is 10.6 Å². The van der Waals surface area contributed by atoms with Gasteiger partial charge in [-0.15, -0.1) is 0 Å². The summed E-state index contributed by atoms with van der Waals surface area (Å²) in [6.45, 7) is 0.166. The lowest BCUT2D eigenvalue weighted by molar-refractivity contribution is 0.102. The van der Waals surface area contributed by atoms with Crippen LogP contribution in [0.4, 0.5) is 20.6 Å². The monoisotopic (exact) mass is 388 g/mol. The molecule has 3 N–H and O–H groups in total.